The number of nitrogens with one attached hydrogen (secondary N) is 1. The summed E-state index contributed by atoms with van der Waals surface area (Å²) in [5.41, 5.74) is 1.72. The number of benzene rings is 1. The zero-order valence-electron chi connectivity index (χ0n) is 11.0. The highest BCUT2D eigenvalue weighted by Gasteiger charge is 2.26. The monoisotopic (exact) mass is 284 g/mol. The van der Waals surface area contributed by atoms with Gasteiger partial charge in [-0.25, -0.2) is 4.79 Å². The minimum Gasteiger partial charge on any atom is -0.478 e. The van der Waals surface area contributed by atoms with Crippen LogP contribution in [0.25, 0.3) is 0 Å². The van der Waals surface area contributed by atoms with Crippen LogP contribution in [-0.4, -0.2) is 28.5 Å². The molecule has 0 unspecified atom stereocenters. The van der Waals surface area contributed by atoms with E-state index in [1.54, 1.807) is 23.1 Å². The highest BCUT2D eigenvalue weighted by Crippen LogP contribution is 2.30. The lowest BCUT2D eigenvalue weighted by atomic mass is 10.1. The number of hydrogen-bond donors (Lipinski definition) is 2. The van der Waals surface area contributed by atoms with E-state index < -0.39 is 5.97 Å². The largest absolute Gasteiger partial charge is 0.478 e. The van der Waals surface area contributed by atoms with Crippen LogP contribution in [0.15, 0.2) is 41.3 Å². The number of fused-ring (bicyclic) bond motifs is 1. The number of rotatable bonds is 2. The highest BCUT2D eigenvalue weighted by atomic mass is 16.4. The lowest BCUT2D eigenvalue weighted by Gasteiger charge is -2.17. The molecule has 6 nitrogen and oxygen atoms in total. The van der Waals surface area contributed by atoms with Crippen molar-refractivity contribution in [3.63, 3.8) is 0 Å². The summed E-state index contributed by atoms with van der Waals surface area (Å²) in [7, 11) is 0. The Morgan fingerprint density at radius 3 is 2.67 bits per heavy atom. The van der Waals surface area contributed by atoms with Crippen LogP contribution in [0.5, 0.6) is 0 Å². The molecular weight excluding hydrogens is 272 g/mol. The number of aromatic amines is 1. The molecule has 0 radical (unpaired) electrons. The average molecular weight is 284 g/mol. The summed E-state index contributed by atoms with van der Waals surface area (Å²) in [4.78, 5) is 38.7. The van der Waals surface area contributed by atoms with Gasteiger partial charge in [-0.2, -0.15) is 0 Å². The van der Waals surface area contributed by atoms with Crippen LogP contribution in [0.3, 0.4) is 0 Å². The molecule has 2 N–H and O–H groups in total. The van der Waals surface area contributed by atoms with E-state index in [-0.39, 0.29) is 17.0 Å². The first-order chi connectivity index (χ1) is 10.1. The molecule has 0 spiro atoms. The van der Waals surface area contributed by atoms with Gasteiger partial charge in [0.25, 0.3) is 5.91 Å². The van der Waals surface area contributed by atoms with Crippen LogP contribution in [0.2, 0.25) is 0 Å². The number of carbonyl (C=O) groups is 2. The van der Waals surface area contributed by atoms with E-state index in [1.807, 2.05) is 0 Å². The van der Waals surface area contributed by atoms with Gasteiger partial charge in [0.15, 0.2) is 0 Å². The molecule has 0 atom stereocenters. The molecule has 0 aliphatic carbocycles. The van der Waals surface area contributed by atoms with Gasteiger partial charge < -0.3 is 15.0 Å². The molecule has 1 amide bonds. The number of carboxylic acids is 1. The van der Waals surface area contributed by atoms with Crippen LogP contribution in [0.4, 0.5) is 5.69 Å². The van der Waals surface area contributed by atoms with Crippen LogP contribution in [0.1, 0.15) is 26.3 Å². The number of nitrogens with zero attached hydrogens (tertiary/aromatic N) is 1. The molecule has 3 rings (SSSR count). The predicted octanol–water partition coefficient (Wildman–Crippen LogP) is 1.28. The minimum atomic E-state index is -0.989. The first kappa shape index (κ1) is 13.1. The molecule has 1 aliphatic heterocycles. The van der Waals surface area contributed by atoms with E-state index in [0.29, 0.717) is 24.2 Å². The van der Waals surface area contributed by atoms with E-state index in [2.05, 4.69) is 4.98 Å². The molecule has 0 saturated heterocycles. The van der Waals surface area contributed by atoms with Gasteiger partial charge in [0.05, 0.1) is 5.56 Å². The Kier molecular flexibility index (Phi) is 3.06. The summed E-state index contributed by atoms with van der Waals surface area (Å²) in [5, 5.41) is 8.98. The van der Waals surface area contributed by atoms with Crippen molar-refractivity contribution in [2.45, 2.75) is 6.42 Å². The molecule has 1 aromatic heterocycles. The van der Waals surface area contributed by atoms with Crippen LogP contribution in [0, 0.1) is 0 Å². The maximum atomic E-state index is 12.4. The standard InChI is InChI=1S/C15H12N2O4/c18-13-8-10(3-5-16-13)14(19)17-6-4-9-7-11(15(20)21)1-2-12(9)17/h1-3,5,7-8H,4,6H2,(H,16,18)(H,20,21). The van der Waals surface area contributed by atoms with Crippen molar-refractivity contribution < 1.29 is 14.7 Å². The molecule has 1 aliphatic rings. The Balaban J connectivity index is 1.96. The van der Waals surface area contributed by atoms with E-state index in [4.69, 9.17) is 5.11 Å². The van der Waals surface area contributed by atoms with Crippen molar-refractivity contribution in [1.82, 2.24) is 4.98 Å². The van der Waals surface area contributed by atoms with Crippen molar-refractivity contribution >= 4 is 17.6 Å². The Hall–Kier alpha value is -2.89. The van der Waals surface area contributed by atoms with Gasteiger partial charge in [-0.3, -0.25) is 9.59 Å². The Labute approximate surface area is 119 Å². The van der Waals surface area contributed by atoms with E-state index >= 15 is 0 Å². The van der Waals surface area contributed by atoms with Gasteiger partial charge in [-0.05, 0) is 36.2 Å². The molecule has 6 heteroatoms. The number of anilines is 1. The average Bonchev–Trinajstić information content (AvgIpc) is 2.89. The predicted molar refractivity (Wildman–Crippen MR) is 75.8 cm³/mol. The third-order valence-electron chi connectivity index (χ3n) is 3.49. The van der Waals surface area contributed by atoms with Crippen molar-refractivity contribution in [2.75, 3.05) is 11.4 Å². The Bertz CT molecular complexity index is 794. The van der Waals surface area contributed by atoms with Crippen molar-refractivity contribution in [1.29, 1.82) is 0 Å². The summed E-state index contributed by atoms with van der Waals surface area (Å²) >= 11 is 0. The second kappa shape index (κ2) is 4.90. The van der Waals surface area contributed by atoms with Gasteiger partial charge in [0.2, 0.25) is 5.56 Å². The third-order valence-corrected chi connectivity index (χ3v) is 3.49. The number of aromatic nitrogens is 1. The van der Waals surface area contributed by atoms with E-state index in [9.17, 15) is 14.4 Å². The SMILES string of the molecule is O=C(O)c1ccc2c(c1)CCN2C(=O)c1cc[nH]c(=O)c1. The molecule has 0 bridgehead atoms. The van der Waals surface area contributed by atoms with Crippen LogP contribution in [-0.2, 0) is 6.42 Å². The zero-order valence-corrected chi connectivity index (χ0v) is 11.0. The van der Waals surface area contributed by atoms with Crippen molar-refractivity contribution in [3.8, 4) is 0 Å². The molecule has 0 saturated carbocycles. The molecule has 106 valence electrons. The van der Waals surface area contributed by atoms with Gasteiger partial charge in [-0.15, -0.1) is 0 Å². The molecule has 21 heavy (non-hydrogen) atoms. The highest BCUT2D eigenvalue weighted by molar-refractivity contribution is 6.07. The first-order valence-corrected chi connectivity index (χ1v) is 6.43. The number of carboxylic acid groups (broad SMARTS) is 1. The number of H-pyrrole nitrogens is 1. The summed E-state index contributed by atoms with van der Waals surface area (Å²) < 4.78 is 0. The molecule has 0 fully saturated rings. The lowest BCUT2D eigenvalue weighted by molar-refractivity contribution is 0.0696. The normalized spacial score (nSPS) is 13.0. The van der Waals surface area contributed by atoms with Gasteiger partial charge >= 0.3 is 5.97 Å². The molecular formula is C15H12N2O4. The Morgan fingerprint density at radius 1 is 1.14 bits per heavy atom. The molecule has 1 aromatic carbocycles. The number of pyridine rings is 1. The van der Waals surface area contributed by atoms with Crippen LogP contribution < -0.4 is 10.5 Å². The topological polar surface area (TPSA) is 90.5 Å². The first-order valence-electron chi connectivity index (χ1n) is 6.43. The number of hydrogen-bond acceptors (Lipinski definition) is 3. The fourth-order valence-corrected chi connectivity index (χ4v) is 2.48. The second-order valence-electron chi connectivity index (χ2n) is 4.80. The number of aromatic carboxylic acids is 1. The smallest absolute Gasteiger partial charge is 0.335 e. The summed E-state index contributed by atoms with van der Waals surface area (Å²) in [5.74, 6) is -1.25. The molecule has 2 aromatic rings. The summed E-state index contributed by atoms with van der Waals surface area (Å²) in [6, 6.07) is 7.50. The Morgan fingerprint density at radius 2 is 1.95 bits per heavy atom. The fraction of sp³-hybridized carbons (Fsp3) is 0.133. The van der Waals surface area contributed by atoms with Crippen molar-refractivity contribution in [2.24, 2.45) is 0 Å². The van der Waals surface area contributed by atoms with Gasteiger partial charge in [-0.1, -0.05) is 0 Å². The number of amides is 1. The van der Waals surface area contributed by atoms with Crippen molar-refractivity contribution in [3.05, 3.63) is 63.6 Å². The van der Waals surface area contributed by atoms with Gasteiger partial charge in [0, 0.05) is 30.1 Å². The molecule has 2 heterocycles. The van der Waals surface area contributed by atoms with Gasteiger partial charge in [0.1, 0.15) is 0 Å². The maximum absolute atomic E-state index is 12.4. The quantitative estimate of drug-likeness (QED) is 0.869. The second-order valence-corrected chi connectivity index (χ2v) is 4.80. The zero-order chi connectivity index (χ0) is 15.0. The number of carbonyl (C=O) groups excluding carboxylic acids is 1. The van der Waals surface area contributed by atoms with Crippen LogP contribution >= 0.6 is 0 Å². The summed E-state index contributed by atoms with van der Waals surface area (Å²) in [6.45, 7) is 0.476. The fourth-order valence-electron chi connectivity index (χ4n) is 2.48. The van der Waals surface area contributed by atoms with E-state index in [1.165, 1.54) is 18.3 Å². The minimum absolute atomic E-state index is 0.208. The third kappa shape index (κ3) is 2.31. The lowest BCUT2D eigenvalue weighted by Crippen LogP contribution is -2.29. The van der Waals surface area contributed by atoms with E-state index in [0.717, 1.165) is 5.56 Å². The summed E-state index contributed by atoms with van der Waals surface area (Å²) in [6.07, 6.45) is 2.03. The maximum Gasteiger partial charge on any atom is 0.335 e.